The van der Waals surface area contributed by atoms with E-state index in [2.05, 4.69) is 15.7 Å². The Kier molecular flexibility index (Phi) is 7.25. The van der Waals surface area contributed by atoms with Gasteiger partial charge in [-0.05, 0) is 47.4 Å². The molecule has 30 heavy (non-hydrogen) atoms. The standard InChI is InChI=1S/C23H25ClN4O2/c1-16(2)21(27-22(29)19-8-10-20(24)11-9-19)23(30)25-14-17-4-6-18(7-5-17)15-28-13-3-12-26-28/h3-13,16,21H,14-15H2,1-2H3,(H,25,30)(H,27,29). The number of carbonyl (C=O) groups is 2. The Morgan fingerprint density at radius 3 is 2.30 bits per heavy atom. The van der Waals surface area contributed by atoms with Crippen LogP contribution in [0, 0.1) is 5.92 Å². The highest BCUT2D eigenvalue weighted by Gasteiger charge is 2.24. The van der Waals surface area contributed by atoms with Crippen molar-refractivity contribution in [2.45, 2.75) is 33.0 Å². The molecule has 1 unspecified atom stereocenters. The SMILES string of the molecule is CC(C)C(NC(=O)c1ccc(Cl)cc1)C(=O)NCc1ccc(Cn2cccn2)cc1. The number of hydrogen-bond acceptors (Lipinski definition) is 3. The third-order valence-corrected chi connectivity index (χ3v) is 4.99. The van der Waals surface area contributed by atoms with Gasteiger partial charge in [-0.25, -0.2) is 0 Å². The number of halogens is 1. The predicted molar refractivity (Wildman–Crippen MR) is 117 cm³/mol. The van der Waals surface area contributed by atoms with Gasteiger partial charge < -0.3 is 10.6 Å². The second-order valence-corrected chi connectivity index (χ2v) is 7.88. The summed E-state index contributed by atoms with van der Waals surface area (Å²) < 4.78 is 1.85. The summed E-state index contributed by atoms with van der Waals surface area (Å²) in [5.41, 5.74) is 2.58. The fraction of sp³-hybridized carbons (Fsp3) is 0.261. The molecule has 0 aliphatic heterocycles. The van der Waals surface area contributed by atoms with Gasteiger partial charge in [-0.2, -0.15) is 5.10 Å². The van der Waals surface area contributed by atoms with Crippen LogP contribution in [-0.2, 0) is 17.9 Å². The molecule has 3 rings (SSSR count). The van der Waals surface area contributed by atoms with Crippen LogP contribution in [0.25, 0.3) is 0 Å². The molecular formula is C23H25ClN4O2. The van der Waals surface area contributed by atoms with Gasteiger partial charge in [0.05, 0.1) is 6.54 Å². The smallest absolute Gasteiger partial charge is 0.251 e. The van der Waals surface area contributed by atoms with E-state index in [0.717, 1.165) is 11.1 Å². The normalized spacial score (nSPS) is 11.9. The second-order valence-electron chi connectivity index (χ2n) is 7.44. The van der Waals surface area contributed by atoms with E-state index < -0.39 is 6.04 Å². The van der Waals surface area contributed by atoms with Crippen LogP contribution in [-0.4, -0.2) is 27.6 Å². The summed E-state index contributed by atoms with van der Waals surface area (Å²) in [6, 6.07) is 15.8. The highest BCUT2D eigenvalue weighted by atomic mass is 35.5. The molecule has 0 saturated carbocycles. The van der Waals surface area contributed by atoms with Crippen molar-refractivity contribution in [3.63, 3.8) is 0 Å². The van der Waals surface area contributed by atoms with Gasteiger partial charge >= 0.3 is 0 Å². The first kappa shape index (κ1) is 21.6. The lowest BCUT2D eigenvalue weighted by molar-refractivity contribution is -0.124. The summed E-state index contributed by atoms with van der Waals surface area (Å²) in [6.45, 7) is 4.89. The maximum Gasteiger partial charge on any atom is 0.251 e. The molecule has 2 aromatic carbocycles. The molecule has 2 N–H and O–H groups in total. The van der Waals surface area contributed by atoms with Crippen LogP contribution < -0.4 is 10.6 Å². The molecule has 0 radical (unpaired) electrons. The zero-order chi connectivity index (χ0) is 21.5. The Morgan fingerprint density at radius 1 is 1.03 bits per heavy atom. The molecule has 1 heterocycles. The minimum atomic E-state index is -0.632. The molecule has 1 atom stereocenters. The van der Waals surface area contributed by atoms with Crippen LogP contribution in [0.5, 0.6) is 0 Å². The predicted octanol–water partition coefficient (Wildman–Crippen LogP) is 3.66. The average Bonchev–Trinajstić information content (AvgIpc) is 3.24. The molecule has 2 amide bonds. The van der Waals surface area contributed by atoms with Crippen molar-refractivity contribution in [3.8, 4) is 0 Å². The lowest BCUT2D eigenvalue weighted by Gasteiger charge is -2.22. The summed E-state index contributed by atoms with van der Waals surface area (Å²) in [6.07, 6.45) is 3.67. The Bertz CT molecular complexity index is 967. The number of nitrogens with zero attached hydrogens (tertiary/aromatic N) is 2. The van der Waals surface area contributed by atoms with Crippen LogP contribution in [0.15, 0.2) is 67.0 Å². The summed E-state index contributed by atoms with van der Waals surface area (Å²) in [5, 5.41) is 10.5. The molecule has 156 valence electrons. The quantitative estimate of drug-likeness (QED) is 0.579. The molecule has 0 aliphatic carbocycles. The highest BCUT2D eigenvalue weighted by molar-refractivity contribution is 6.30. The monoisotopic (exact) mass is 424 g/mol. The Morgan fingerprint density at radius 2 is 1.70 bits per heavy atom. The number of carbonyl (C=O) groups excluding carboxylic acids is 2. The summed E-state index contributed by atoms with van der Waals surface area (Å²) in [4.78, 5) is 25.2. The Hall–Kier alpha value is -3.12. The van der Waals surface area contributed by atoms with Crippen LogP contribution in [0.2, 0.25) is 5.02 Å². The van der Waals surface area contributed by atoms with Gasteiger partial charge in [0.15, 0.2) is 0 Å². The molecule has 6 nitrogen and oxygen atoms in total. The second kappa shape index (κ2) is 10.1. The largest absolute Gasteiger partial charge is 0.350 e. The molecule has 0 aliphatic rings. The lowest BCUT2D eigenvalue weighted by atomic mass is 10.0. The van der Waals surface area contributed by atoms with Crippen molar-refractivity contribution in [2.75, 3.05) is 0 Å². The molecule has 0 bridgehead atoms. The van der Waals surface area contributed by atoms with Crippen LogP contribution in [0.4, 0.5) is 0 Å². The number of benzene rings is 2. The van der Waals surface area contributed by atoms with Gasteiger partial charge in [-0.1, -0.05) is 49.7 Å². The van der Waals surface area contributed by atoms with Crippen molar-refractivity contribution < 1.29 is 9.59 Å². The van der Waals surface area contributed by atoms with Gasteiger partial charge in [0, 0.05) is 29.5 Å². The van der Waals surface area contributed by atoms with Gasteiger partial charge in [-0.15, -0.1) is 0 Å². The van der Waals surface area contributed by atoms with E-state index in [0.29, 0.717) is 23.7 Å². The minimum absolute atomic E-state index is 0.0577. The number of nitrogens with one attached hydrogen (secondary N) is 2. The van der Waals surface area contributed by atoms with E-state index in [1.807, 2.05) is 55.1 Å². The average molecular weight is 425 g/mol. The van der Waals surface area contributed by atoms with E-state index in [1.165, 1.54) is 0 Å². The first-order valence-corrected chi connectivity index (χ1v) is 10.2. The summed E-state index contributed by atoms with van der Waals surface area (Å²) >= 11 is 5.87. The first-order chi connectivity index (χ1) is 14.4. The number of hydrogen-bond donors (Lipinski definition) is 2. The molecule has 0 spiro atoms. The third kappa shape index (κ3) is 5.94. The Balaban J connectivity index is 1.55. The minimum Gasteiger partial charge on any atom is -0.350 e. The van der Waals surface area contributed by atoms with Crippen molar-refractivity contribution in [3.05, 3.63) is 88.7 Å². The number of amides is 2. The lowest BCUT2D eigenvalue weighted by Crippen LogP contribution is -2.49. The molecule has 0 saturated heterocycles. The highest BCUT2D eigenvalue weighted by Crippen LogP contribution is 2.11. The Labute approximate surface area is 181 Å². The van der Waals surface area contributed by atoms with E-state index >= 15 is 0 Å². The molecular weight excluding hydrogens is 400 g/mol. The third-order valence-electron chi connectivity index (χ3n) is 4.74. The van der Waals surface area contributed by atoms with Crippen LogP contribution in [0.3, 0.4) is 0 Å². The topological polar surface area (TPSA) is 76.0 Å². The number of rotatable bonds is 8. The van der Waals surface area contributed by atoms with E-state index in [9.17, 15) is 9.59 Å². The fourth-order valence-corrected chi connectivity index (χ4v) is 3.13. The summed E-state index contributed by atoms with van der Waals surface area (Å²) in [5.74, 6) is -0.575. The molecule has 3 aromatic rings. The number of aromatic nitrogens is 2. The van der Waals surface area contributed by atoms with Crippen molar-refractivity contribution in [2.24, 2.45) is 5.92 Å². The fourth-order valence-electron chi connectivity index (χ4n) is 3.00. The van der Waals surface area contributed by atoms with E-state index in [-0.39, 0.29) is 17.7 Å². The maximum atomic E-state index is 12.7. The summed E-state index contributed by atoms with van der Waals surface area (Å²) in [7, 11) is 0. The zero-order valence-electron chi connectivity index (χ0n) is 17.0. The van der Waals surface area contributed by atoms with Crippen LogP contribution >= 0.6 is 11.6 Å². The molecule has 7 heteroatoms. The zero-order valence-corrected chi connectivity index (χ0v) is 17.8. The van der Waals surface area contributed by atoms with Gasteiger partial charge in [0.25, 0.3) is 5.91 Å². The maximum absolute atomic E-state index is 12.7. The van der Waals surface area contributed by atoms with E-state index in [4.69, 9.17) is 11.6 Å². The van der Waals surface area contributed by atoms with Crippen molar-refractivity contribution >= 4 is 23.4 Å². The van der Waals surface area contributed by atoms with Gasteiger partial charge in [-0.3, -0.25) is 14.3 Å². The molecule has 0 fully saturated rings. The van der Waals surface area contributed by atoms with Gasteiger partial charge in [0.2, 0.25) is 5.91 Å². The van der Waals surface area contributed by atoms with Crippen molar-refractivity contribution in [1.29, 1.82) is 0 Å². The molecule has 1 aromatic heterocycles. The van der Waals surface area contributed by atoms with Crippen LogP contribution in [0.1, 0.15) is 35.3 Å². The van der Waals surface area contributed by atoms with E-state index in [1.54, 1.807) is 30.5 Å². The first-order valence-electron chi connectivity index (χ1n) is 9.82. The van der Waals surface area contributed by atoms with Crippen molar-refractivity contribution in [1.82, 2.24) is 20.4 Å². The van der Waals surface area contributed by atoms with Gasteiger partial charge in [0.1, 0.15) is 6.04 Å².